The van der Waals surface area contributed by atoms with Crippen molar-refractivity contribution in [3.63, 3.8) is 0 Å². The summed E-state index contributed by atoms with van der Waals surface area (Å²) in [6.45, 7) is 2.18. The second-order valence-electron chi connectivity index (χ2n) is 4.82. The van der Waals surface area contributed by atoms with E-state index in [1.165, 1.54) is 23.6 Å². The summed E-state index contributed by atoms with van der Waals surface area (Å²) in [4.78, 5) is 6.97. The van der Waals surface area contributed by atoms with Crippen LogP contribution in [-0.2, 0) is 0 Å². The van der Waals surface area contributed by atoms with Crippen LogP contribution in [0.3, 0.4) is 0 Å². The maximum absolute atomic E-state index is 4.60. The lowest BCUT2D eigenvalue weighted by Gasteiger charge is -2.26. The summed E-state index contributed by atoms with van der Waals surface area (Å²) in [5.74, 6) is 2.53. The number of rotatable bonds is 5. The van der Waals surface area contributed by atoms with Crippen molar-refractivity contribution in [2.45, 2.75) is 31.8 Å². The fourth-order valence-corrected chi connectivity index (χ4v) is 3.68. The molecular weight excluding hydrogens is 242 g/mol. The van der Waals surface area contributed by atoms with Crippen LogP contribution in [0.5, 0.6) is 0 Å². The van der Waals surface area contributed by atoms with Gasteiger partial charge in [-0.2, -0.15) is 11.8 Å². The van der Waals surface area contributed by atoms with Gasteiger partial charge in [0.25, 0.3) is 0 Å². The lowest BCUT2D eigenvalue weighted by molar-refractivity contribution is 0.561. The molecule has 100 valence electrons. The molecule has 3 nitrogen and oxygen atoms in total. The highest BCUT2D eigenvalue weighted by Gasteiger charge is 2.20. The van der Waals surface area contributed by atoms with Gasteiger partial charge < -0.3 is 10.2 Å². The Hall–Kier alpha value is -0.740. The molecule has 1 aliphatic rings. The minimum Gasteiger partial charge on any atom is -0.370 e. The second kappa shape index (κ2) is 6.43. The highest BCUT2D eigenvalue weighted by Crippen LogP contribution is 2.26. The molecular formula is C14H23N3S. The van der Waals surface area contributed by atoms with Crippen LogP contribution in [0.25, 0.3) is 0 Å². The molecule has 1 saturated heterocycles. The molecule has 1 N–H and O–H groups in total. The van der Waals surface area contributed by atoms with Crippen molar-refractivity contribution >= 4 is 17.4 Å². The van der Waals surface area contributed by atoms with Crippen molar-refractivity contribution in [2.75, 3.05) is 30.5 Å². The topological polar surface area (TPSA) is 28.2 Å². The Morgan fingerprint density at radius 2 is 2.39 bits per heavy atom. The first kappa shape index (κ1) is 13.7. The number of nitrogens with one attached hydrogen (secondary N) is 1. The van der Waals surface area contributed by atoms with Crippen LogP contribution in [0.1, 0.15) is 31.5 Å². The number of hydrogen-bond acceptors (Lipinski definition) is 4. The number of thioether (sulfide) groups is 1. The van der Waals surface area contributed by atoms with Crippen LogP contribution in [-0.4, -0.2) is 36.6 Å². The largest absolute Gasteiger partial charge is 0.370 e. The third kappa shape index (κ3) is 2.98. The highest BCUT2D eigenvalue weighted by atomic mass is 32.2. The predicted molar refractivity (Wildman–Crippen MR) is 80.5 cm³/mol. The zero-order valence-electron chi connectivity index (χ0n) is 11.5. The first-order valence-corrected chi connectivity index (χ1v) is 7.85. The van der Waals surface area contributed by atoms with Crippen molar-refractivity contribution in [2.24, 2.45) is 0 Å². The van der Waals surface area contributed by atoms with Gasteiger partial charge in [0.1, 0.15) is 0 Å². The first-order valence-electron chi connectivity index (χ1n) is 6.70. The van der Waals surface area contributed by atoms with Gasteiger partial charge in [0.05, 0.1) is 17.6 Å². The second-order valence-corrected chi connectivity index (χ2v) is 5.97. The summed E-state index contributed by atoms with van der Waals surface area (Å²) in [7, 11) is 4.17. The third-order valence-electron chi connectivity index (χ3n) is 3.75. The minimum atomic E-state index is 0.367. The van der Waals surface area contributed by atoms with E-state index >= 15 is 0 Å². The Balaban J connectivity index is 2.06. The number of anilines is 1. The van der Waals surface area contributed by atoms with Gasteiger partial charge in [0.2, 0.25) is 0 Å². The first-order chi connectivity index (χ1) is 8.76. The normalized spacial score (nSPS) is 20.9. The van der Waals surface area contributed by atoms with E-state index in [0.29, 0.717) is 12.1 Å². The van der Waals surface area contributed by atoms with Gasteiger partial charge in [0, 0.05) is 24.9 Å². The standard InChI is InChI=1S/C14H23N3S/c1-4-13(15-2)14-6-5-11(9-16-14)17(3)12-7-8-18-10-12/h5-6,9,12-13,15H,4,7-8,10H2,1-3H3. The van der Waals surface area contributed by atoms with Crippen LogP contribution >= 0.6 is 11.8 Å². The van der Waals surface area contributed by atoms with Crippen LogP contribution in [0.4, 0.5) is 5.69 Å². The van der Waals surface area contributed by atoms with Gasteiger partial charge in [-0.15, -0.1) is 0 Å². The van der Waals surface area contributed by atoms with Crippen molar-refractivity contribution in [3.8, 4) is 0 Å². The monoisotopic (exact) mass is 265 g/mol. The molecule has 0 aliphatic carbocycles. The van der Waals surface area contributed by atoms with Gasteiger partial charge in [-0.05, 0) is 37.8 Å². The predicted octanol–water partition coefficient (Wildman–Crippen LogP) is 2.69. The fraction of sp³-hybridized carbons (Fsp3) is 0.643. The Morgan fingerprint density at radius 3 is 2.89 bits per heavy atom. The van der Waals surface area contributed by atoms with E-state index in [0.717, 1.165) is 12.1 Å². The Bertz CT molecular complexity index is 356. The SMILES string of the molecule is CCC(NC)c1ccc(N(C)C2CCSC2)cn1. The zero-order chi connectivity index (χ0) is 13.0. The molecule has 1 aliphatic heterocycles. The van der Waals surface area contributed by atoms with Gasteiger partial charge in [-0.3, -0.25) is 4.98 Å². The van der Waals surface area contributed by atoms with E-state index < -0.39 is 0 Å². The lowest BCUT2D eigenvalue weighted by Crippen LogP contribution is -2.31. The molecule has 2 heterocycles. The van der Waals surface area contributed by atoms with Crippen molar-refractivity contribution in [1.82, 2.24) is 10.3 Å². The Morgan fingerprint density at radius 1 is 1.56 bits per heavy atom. The summed E-state index contributed by atoms with van der Waals surface area (Å²) in [5, 5.41) is 3.29. The van der Waals surface area contributed by atoms with Gasteiger partial charge in [0.15, 0.2) is 0 Å². The average molecular weight is 265 g/mol. The molecule has 0 spiro atoms. The summed E-state index contributed by atoms with van der Waals surface area (Å²) in [5.41, 5.74) is 2.37. The number of nitrogens with zero attached hydrogens (tertiary/aromatic N) is 2. The molecule has 0 saturated carbocycles. The maximum Gasteiger partial charge on any atom is 0.0574 e. The zero-order valence-corrected chi connectivity index (χ0v) is 12.3. The molecule has 18 heavy (non-hydrogen) atoms. The molecule has 0 bridgehead atoms. The van der Waals surface area contributed by atoms with Crippen LogP contribution in [0, 0.1) is 0 Å². The van der Waals surface area contributed by atoms with E-state index in [9.17, 15) is 0 Å². The molecule has 0 aromatic carbocycles. The smallest absolute Gasteiger partial charge is 0.0574 e. The number of pyridine rings is 1. The van der Waals surface area contributed by atoms with Crippen molar-refractivity contribution in [3.05, 3.63) is 24.0 Å². The van der Waals surface area contributed by atoms with Crippen molar-refractivity contribution < 1.29 is 0 Å². The molecule has 2 unspecified atom stereocenters. The summed E-state index contributed by atoms with van der Waals surface area (Å²) in [6.07, 6.45) is 4.37. The number of hydrogen-bond donors (Lipinski definition) is 1. The Kier molecular flexibility index (Phi) is 4.89. The van der Waals surface area contributed by atoms with E-state index in [1.54, 1.807) is 0 Å². The highest BCUT2D eigenvalue weighted by molar-refractivity contribution is 7.99. The molecule has 0 radical (unpaired) electrons. The van der Waals surface area contributed by atoms with Gasteiger partial charge in [-0.25, -0.2) is 0 Å². The van der Waals surface area contributed by atoms with Crippen LogP contribution in [0.2, 0.25) is 0 Å². The Labute approximate surface area is 114 Å². The van der Waals surface area contributed by atoms with Gasteiger partial charge in [-0.1, -0.05) is 6.92 Å². The quantitative estimate of drug-likeness (QED) is 0.886. The van der Waals surface area contributed by atoms with E-state index in [1.807, 2.05) is 25.0 Å². The van der Waals surface area contributed by atoms with E-state index in [4.69, 9.17) is 0 Å². The summed E-state index contributed by atoms with van der Waals surface area (Å²) in [6, 6.07) is 5.39. The summed E-state index contributed by atoms with van der Waals surface area (Å²) >= 11 is 2.05. The lowest BCUT2D eigenvalue weighted by atomic mass is 10.1. The molecule has 1 aromatic heterocycles. The fourth-order valence-electron chi connectivity index (χ4n) is 2.41. The summed E-state index contributed by atoms with van der Waals surface area (Å²) < 4.78 is 0. The van der Waals surface area contributed by atoms with Crippen LogP contribution in [0.15, 0.2) is 18.3 Å². The molecule has 2 rings (SSSR count). The average Bonchev–Trinajstić information content (AvgIpc) is 2.94. The number of aromatic nitrogens is 1. The molecule has 4 heteroatoms. The molecule has 1 aromatic rings. The van der Waals surface area contributed by atoms with Gasteiger partial charge >= 0.3 is 0 Å². The molecule has 0 amide bonds. The van der Waals surface area contributed by atoms with Crippen LogP contribution < -0.4 is 10.2 Å². The van der Waals surface area contributed by atoms with Crippen molar-refractivity contribution in [1.29, 1.82) is 0 Å². The molecule has 1 fully saturated rings. The van der Waals surface area contributed by atoms with E-state index in [-0.39, 0.29) is 0 Å². The maximum atomic E-state index is 4.60. The van der Waals surface area contributed by atoms with E-state index in [2.05, 4.69) is 41.3 Å². The minimum absolute atomic E-state index is 0.367. The third-order valence-corrected chi connectivity index (χ3v) is 4.89. The molecule has 2 atom stereocenters.